The lowest BCUT2D eigenvalue weighted by Crippen LogP contribution is -2.23. The van der Waals surface area contributed by atoms with E-state index >= 15 is 0 Å². The van der Waals surface area contributed by atoms with Crippen LogP contribution in [0.4, 0.5) is 0 Å². The lowest BCUT2D eigenvalue weighted by molar-refractivity contribution is -0.135. The second-order valence-electron chi connectivity index (χ2n) is 9.05. The van der Waals surface area contributed by atoms with Crippen molar-refractivity contribution in [2.24, 2.45) is 0 Å². The number of benzene rings is 2. The van der Waals surface area contributed by atoms with E-state index in [-0.39, 0.29) is 29.3 Å². The third-order valence-electron chi connectivity index (χ3n) is 6.50. The van der Waals surface area contributed by atoms with Gasteiger partial charge in [-0.15, -0.1) is 11.8 Å². The third kappa shape index (κ3) is 5.78. The van der Waals surface area contributed by atoms with Crippen molar-refractivity contribution in [2.75, 3.05) is 6.26 Å². The van der Waals surface area contributed by atoms with Gasteiger partial charge in [0.15, 0.2) is 0 Å². The smallest absolute Gasteiger partial charge is 0.342 e. The Labute approximate surface area is 209 Å². The number of allylic oxidation sites excluding steroid dienone is 1. The van der Waals surface area contributed by atoms with Crippen LogP contribution in [0.25, 0.3) is 6.08 Å². The molecule has 0 aliphatic carbocycles. The van der Waals surface area contributed by atoms with E-state index in [1.165, 1.54) is 0 Å². The van der Waals surface area contributed by atoms with Gasteiger partial charge in [-0.2, -0.15) is 0 Å². The van der Waals surface area contributed by atoms with Crippen molar-refractivity contribution in [1.82, 2.24) is 0 Å². The zero-order valence-electron chi connectivity index (χ0n) is 20.0. The van der Waals surface area contributed by atoms with E-state index in [0.29, 0.717) is 49.7 Å². The number of hydrogen-bond donors (Lipinski definition) is 1. The minimum absolute atomic E-state index is 0.0628. The van der Waals surface area contributed by atoms with Gasteiger partial charge in [-0.05, 0) is 68.2 Å². The van der Waals surface area contributed by atoms with Crippen molar-refractivity contribution in [2.45, 2.75) is 68.8 Å². The summed E-state index contributed by atoms with van der Waals surface area (Å²) < 4.78 is 11.2. The van der Waals surface area contributed by atoms with E-state index in [2.05, 4.69) is 0 Å². The van der Waals surface area contributed by atoms with Gasteiger partial charge in [0.05, 0.1) is 12.5 Å². The van der Waals surface area contributed by atoms with Crippen molar-refractivity contribution in [3.05, 3.63) is 58.7 Å². The maximum Gasteiger partial charge on any atom is 0.342 e. The number of ketones is 1. The molecule has 184 valence electrons. The van der Waals surface area contributed by atoms with Crippen LogP contribution >= 0.6 is 11.8 Å². The summed E-state index contributed by atoms with van der Waals surface area (Å²) in [6.45, 7) is 1.79. The molecule has 2 atom stereocenters. The number of carbonyl (C=O) groups is 3. The largest absolute Gasteiger partial charge is 0.507 e. The Hall–Kier alpha value is -3.06. The number of esters is 2. The van der Waals surface area contributed by atoms with Gasteiger partial charge in [0.2, 0.25) is 0 Å². The highest BCUT2D eigenvalue weighted by Crippen LogP contribution is 2.47. The van der Waals surface area contributed by atoms with Gasteiger partial charge in [0.25, 0.3) is 0 Å². The average molecular weight is 495 g/mol. The molecular formula is C28H30O6S. The van der Waals surface area contributed by atoms with Crippen LogP contribution in [0.15, 0.2) is 41.3 Å². The van der Waals surface area contributed by atoms with Gasteiger partial charge < -0.3 is 14.6 Å². The monoisotopic (exact) mass is 494 g/mol. The number of Topliss-reactive ketones (excluding diaryl/α,β-unsaturated/α-hetero) is 1. The fourth-order valence-corrected chi connectivity index (χ4v) is 5.05. The van der Waals surface area contributed by atoms with E-state index in [1.807, 2.05) is 36.6 Å². The first kappa shape index (κ1) is 25.0. The summed E-state index contributed by atoms with van der Waals surface area (Å²) >= 11 is 1.62. The molecule has 0 saturated carbocycles. The highest BCUT2D eigenvalue weighted by molar-refractivity contribution is 7.98. The topological polar surface area (TPSA) is 89.9 Å². The summed E-state index contributed by atoms with van der Waals surface area (Å²) in [7, 11) is 0. The molecule has 2 heterocycles. The minimum atomic E-state index is -0.630. The molecule has 0 saturated heterocycles. The summed E-state index contributed by atoms with van der Waals surface area (Å²) in [5.41, 5.74) is 1.78. The van der Waals surface area contributed by atoms with E-state index in [1.54, 1.807) is 30.8 Å². The van der Waals surface area contributed by atoms with E-state index in [9.17, 15) is 19.5 Å². The molecule has 0 bridgehead atoms. The maximum absolute atomic E-state index is 13.3. The van der Waals surface area contributed by atoms with Gasteiger partial charge in [0.1, 0.15) is 22.8 Å². The van der Waals surface area contributed by atoms with Crippen LogP contribution in [0, 0.1) is 0 Å². The van der Waals surface area contributed by atoms with Gasteiger partial charge in [-0.3, -0.25) is 9.59 Å². The van der Waals surface area contributed by atoms with Gasteiger partial charge in [0, 0.05) is 29.2 Å². The second kappa shape index (κ2) is 11.1. The molecule has 2 unspecified atom stereocenters. The van der Waals surface area contributed by atoms with Crippen molar-refractivity contribution >= 4 is 35.6 Å². The Kier molecular flexibility index (Phi) is 7.96. The molecule has 0 fully saturated rings. The predicted octanol–water partition coefficient (Wildman–Crippen LogP) is 6.04. The molecule has 0 aromatic heterocycles. The normalized spacial score (nSPS) is 21.4. The quantitative estimate of drug-likeness (QED) is 0.309. The van der Waals surface area contributed by atoms with Crippen LogP contribution in [0.5, 0.6) is 11.5 Å². The number of phenols is 1. The Morgan fingerprint density at radius 1 is 1.06 bits per heavy atom. The first-order valence-electron chi connectivity index (χ1n) is 12.0. The van der Waals surface area contributed by atoms with Gasteiger partial charge in [-0.1, -0.05) is 24.3 Å². The lowest BCUT2D eigenvalue weighted by Gasteiger charge is -2.27. The average Bonchev–Trinajstić information content (AvgIpc) is 2.82. The summed E-state index contributed by atoms with van der Waals surface area (Å²) in [4.78, 5) is 38.8. The molecule has 1 N–H and O–H groups in total. The van der Waals surface area contributed by atoms with Gasteiger partial charge >= 0.3 is 11.9 Å². The van der Waals surface area contributed by atoms with Gasteiger partial charge in [-0.25, -0.2) is 4.79 Å². The standard InChI is InChI=1S/C28H30O6S/c1-17-7-6-10-20(29)9-5-3-4-8-19-15-23-26(27(31)25(19)28(32)33-17)22(16-24(30)34-23)18-11-13-21(35-2)14-12-18/h4,8,11-15,17,22,31H,3,5-7,9-10,16H2,1-2H3. The maximum atomic E-state index is 13.3. The number of aromatic hydroxyl groups is 1. The summed E-state index contributed by atoms with van der Waals surface area (Å²) in [5.74, 6) is -1.22. The summed E-state index contributed by atoms with van der Waals surface area (Å²) in [6, 6.07) is 9.45. The molecule has 2 aromatic rings. The van der Waals surface area contributed by atoms with Crippen LogP contribution in [0.1, 0.15) is 84.8 Å². The van der Waals surface area contributed by atoms with Crippen molar-refractivity contribution < 1.29 is 29.0 Å². The molecule has 2 aromatic carbocycles. The van der Waals surface area contributed by atoms with Crippen LogP contribution < -0.4 is 4.74 Å². The van der Waals surface area contributed by atoms with Crippen LogP contribution in [-0.4, -0.2) is 35.2 Å². The van der Waals surface area contributed by atoms with Crippen molar-refractivity contribution in [1.29, 1.82) is 0 Å². The molecule has 2 aliphatic rings. The number of phenolic OH excluding ortho intramolecular Hbond substituents is 1. The molecule has 35 heavy (non-hydrogen) atoms. The molecule has 7 heteroatoms. The number of ether oxygens (including phenoxy) is 2. The Bertz CT molecular complexity index is 1150. The number of fused-ring (bicyclic) bond motifs is 2. The van der Waals surface area contributed by atoms with Crippen LogP contribution in [0.2, 0.25) is 0 Å². The molecule has 0 amide bonds. The number of carbonyl (C=O) groups excluding carboxylic acids is 3. The minimum Gasteiger partial charge on any atom is -0.507 e. The Morgan fingerprint density at radius 3 is 2.54 bits per heavy atom. The highest BCUT2D eigenvalue weighted by atomic mass is 32.2. The number of rotatable bonds is 2. The third-order valence-corrected chi connectivity index (χ3v) is 7.24. The number of cyclic esters (lactones) is 1. The highest BCUT2D eigenvalue weighted by Gasteiger charge is 2.35. The molecule has 0 radical (unpaired) electrons. The fraction of sp³-hybridized carbons (Fsp3) is 0.393. The molecule has 4 rings (SSSR count). The van der Waals surface area contributed by atoms with Crippen LogP contribution in [-0.2, 0) is 14.3 Å². The van der Waals surface area contributed by atoms with E-state index in [4.69, 9.17) is 9.47 Å². The zero-order chi connectivity index (χ0) is 24.9. The van der Waals surface area contributed by atoms with E-state index in [0.717, 1.165) is 10.5 Å². The Balaban J connectivity index is 1.79. The van der Waals surface area contributed by atoms with E-state index < -0.39 is 24.0 Å². The first-order valence-corrected chi connectivity index (χ1v) is 13.2. The fourth-order valence-electron chi connectivity index (χ4n) is 4.64. The first-order chi connectivity index (χ1) is 16.9. The molecule has 0 spiro atoms. The molecular weight excluding hydrogens is 464 g/mol. The summed E-state index contributed by atoms with van der Waals surface area (Å²) in [6.07, 6.45) is 8.80. The molecule has 2 aliphatic heterocycles. The second-order valence-corrected chi connectivity index (χ2v) is 9.93. The van der Waals surface area contributed by atoms with Crippen molar-refractivity contribution in [3.8, 4) is 11.5 Å². The van der Waals surface area contributed by atoms with Crippen molar-refractivity contribution in [3.63, 3.8) is 0 Å². The lowest BCUT2D eigenvalue weighted by atomic mass is 9.83. The summed E-state index contributed by atoms with van der Waals surface area (Å²) in [5, 5.41) is 11.4. The zero-order valence-corrected chi connectivity index (χ0v) is 20.9. The predicted molar refractivity (Wildman–Crippen MR) is 135 cm³/mol. The number of thioether (sulfide) groups is 1. The Morgan fingerprint density at radius 2 is 1.80 bits per heavy atom. The molecule has 6 nitrogen and oxygen atoms in total. The SMILES string of the molecule is CSc1ccc(C2CC(=O)Oc3cc4c(c(O)c32)C(=O)OC(C)CCCC(=O)CCCC=C4)cc1. The van der Waals surface area contributed by atoms with Crippen LogP contribution in [0.3, 0.4) is 0 Å². The number of hydrogen-bond acceptors (Lipinski definition) is 7.